The molecule has 0 bridgehead atoms. The fourth-order valence-electron chi connectivity index (χ4n) is 4.72. The molecular weight excluding hydrogens is 464 g/mol. The van der Waals surface area contributed by atoms with Gasteiger partial charge in [-0.1, -0.05) is 56.2 Å². The summed E-state index contributed by atoms with van der Waals surface area (Å²) in [6.07, 6.45) is 5.90. The molecule has 0 radical (unpaired) electrons. The number of aromatic nitrogens is 1. The number of carbonyl (C=O) groups excluding carboxylic acids is 3. The normalized spacial score (nSPS) is 16.7. The summed E-state index contributed by atoms with van der Waals surface area (Å²) in [6, 6.07) is 15.4. The Bertz CT molecular complexity index is 1380. The summed E-state index contributed by atoms with van der Waals surface area (Å²) >= 11 is 0. The maximum atomic E-state index is 13.0. The molecule has 1 N–H and O–H groups in total. The molecule has 0 spiro atoms. The van der Waals surface area contributed by atoms with Crippen LogP contribution >= 0.6 is 0 Å². The van der Waals surface area contributed by atoms with E-state index in [2.05, 4.69) is 18.0 Å². The topological polar surface area (TPSA) is 76.7 Å². The van der Waals surface area contributed by atoms with E-state index in [-0.39, 0.29) is 24.3 Å². The maximum absolute atomic E-state index is 13.0. The molecule has 1 saturated carbocycles. The molecular formula is C30H34N4O3. The van der Waals surface area contributed by atoms with E-state index in [1.807, 2.05) is 53.4 Å². The van der Waals surface area contributed by atoms with Gasteiger partial charge in [0, 0.05) is 50.2 Å². The van der Waals surface area contributed by atoms with Gasteiger partial charge in [-0.25, -0.2) is 0 Å². The van der Waals surface area contributed by atoms with E-state index in [0.717, 1.165) is 39.9 Å². The molecule has 7 nitrogen and oxygen atoms in total. The molecule has 0 unspecified atom stereocenters. The SMILES string of the molecule is CC1CC1.CN(C)C(=O)c1cc2ccc(C3=CCCN(C(=O)CN4Cc5ccccc5C4=O)C3)cc2[nH]1. The highest BCUT2D eigenvalue weighted by molar-refractivity contribution is 6.00. The van der Waals surface area contributed by atoms with Gasteiger partial charge in [0.25, 0.3) is 11.8 Å². The van der Waals surface area contributed by atoms with E-state index in [9.17, 15) is 14.4 Å². The quantitative estimate of drug-likeness (QED) is 0.573. The van der Waals surface area contributed by atoms with E-state index in [0.29, 0.717) is 30.9 Å². The zero-order valence-corrected chi connectivity index (χ0v) is 21.8. The van der Waals surface area contributed by atoms with E-state index in [1.165, 1.54) is 12.8 Å². The predicted octanol–water partition coefficient (Wildman–Crippen LogP) is 4.56. The zero-order valence-electron chi connectivity index (χ0n) is 21.8. The summed E-state index contributed by atoms with van der Waals surface area (Å²) in [7, 11) is 3.46. The van der Waals surface area contributed by atoms with Crippen molar-refractivity contribution < 1.29 is 14.4 Å². The molecule has 3 heterocycles. The Morgan fingerprint density at radius 2 is 1.81 bits per heavy atom. The van der Waals surface area contributed by atoms with Crippen molar-refractivity contribution in [1.82, 2.24) is 19.7 Å². The smallest absolute Gasteiger partial charge is 0.269 e. The fourth-order valence-corrected chi connectivity index (χ4v) is 4.72. The Morgan fingerprint density at radius 1 is 1.05 bits per heavy atom. The van der Waals surface area contributed by atoms with Crippen molar-refractivity contribution in [3.05, 3.63) is 77.0 Å². The van der Waals surface area contributed by atoms with Gasteiger partial charge in [0.05, 0.1) is 0 Å². The molecule has 6 rings (SSSR count). The average molecular weight is 499 g/mol. The highest BCUT2D eigenvalue weighted by atomic mass is 16.2. The first-order valence-corrected chi connectivity index (χ1v) is 13.0. The van der Waals surface area contributed by atoms with Crippen LogP contribution in [0.4, 0.5) is 0 Å². The Hall–Kier alpha value is -3.87. The number of nitrogens with zero attached hydrogens (tertiary/aromatic N) is 3. The van der Waals surface area contributed by atoms with Gasteiger partial charge < -0.3 is 19.7 Å². The molecule has 3 aromatic rings. The molecule has 3 aliphatic rings. The van der Waals surface area contributed by atoms with Gasteiger partial charge in [-0.2, -0.15) is 0 Å². The van der Waals surface area contributed by atoms with Crippen LogP contribution in [-0.2, 0) is 11.3 Å². The Morgan fingerprint density at radius 3 is 2.51 bits per heavy atom. The van der Waals surface area contributed by atoms with Crippen LogP contribution in [0.15, 0.2) is 54.6 Å². The summed E-state index contributed by atoms with van der Waals surface area (Å²) in [4.78, 5) is 46.1. The van der Waals surface area contributed by atoms with Gasteiger partial charge in [0.2, 0.25) is 5.91 Å². The molecule has 37 heavy (non-hydrogen) atoms. The zero-order chi connectivity index (χ0) is 26.1. The minimum absolute atomic E-state index is 0.0402. The van der Waals surface area contributed by atoms with Crippen LogP contribution in [0.2, 0.25) is 0 Å². The Labute approximate surface area is 217 Å². The van der Waals surface area contributed by atoms with Crippen molar-refractivity contribution in [3.8, 4) is 0 Å². The number of H-pyrrole nitrogens is 1. The molecule has 1 aliphatic carbocycles. The number of rotatable bonds is 4. The summed E-state index contributed by atoms with van der Waals surface area (Å²) in [5.41, 5.74) is 5.20. The fraction of sp³-hybridized carbons (Fsp3) is 0.367. The van der Waals surface area contributed by atoms with E-state index >= 15 is 0 Å². The van der Waals surface area contributed by atoms with Crippen LogP contribution in [0.5, 0.6) is 0 Å². The number of hydrogen-bond donors (Lipinski definition) is 1. The first kappa shape index (κ1) is 24.8. The van der Waals surface area contributed by atoms with Crippen LogP contribution in [0.3, 0.4) is 0 Å². The van der Waals surface area contributed by atoms with E-state index in [1.54, 1.807) is 23.9 Å². The highest BCUT2D eigenvalue weighted by Crippen LogP contribution is 2.27. The molecule has 3 amide bonds. The summed E-state index contributed by atoms with van der Waals surface area (Å²) in [5.74, 6) is 0.897. The number of benzene rings is 2. The molecule has 2 aliphatic heterocycles. The van der Waals surface area contributed by atoms with Crippen LogP contribution in [0, 0.1) is 5.92 Å². The van der Waals surface area contributed by atoms with Crippen LogP contribution < -0.4 is 0 Å². The Balaban J connectivity index is 0.000000640. The van der Waals surface area contributed by atoms with Crippen molar-refractivity contribution in [2.24, 2.45) is 5.92 Å². The number of carbonyl (C=O) groups is 3. The van der Waals surface area contributed by atoms with Gasteiger partial charge in [0.1, 0.15) is 12.2 Å². The molecule has 1 aromatic heterocycles. The monoisotopic (exact) mass is 498 g/mol. The standard InChI is InChI=1S/C26H26N4O3.C4H8/c1-28(2)26(33)23-13-18-10-9-17(12-22(18)27-23)19-7-5-11-29(14-19)24(31)16-30-15-20-6-3-4-8-21(20)25(30)32;1-4-2-3-4/h3-4,6-10,12-13,27H,5,11,14-16H2,1-2H3;4H,2-3H2,1H3. The second-order valence-corrected chi connectivity index (χ2v) is 10.5. The van der Waals surface area contributed by atoms with Gasteiger partial charge in [-0.15, -0.1) is 0 Å². The molecule has 192 valence electrons. The van der Waals surface area contributed by atoms with Crippen LogP contribution in [-0.4, -0.2) is 71.1 Å². The van der Waals surface area contributed by atoms with Gasteiger partial charge in [-0.3, -0.25) is 14.4 Å². The van der Waals surface area contributed by atoms with Crippen molar-refractivity contribution in [1.29, 1.82) is 0 Å². The molecule has 0 saturated heterocycles. The lowest BCUT2D eigenvalue weighted by molar-refractivity contribution is -0.131. The second kappa shape index (κ2) is 10.2. The van der Waals surface area contributed by atoms with Crippen molar-refractivity contribution in [2.45, 2.75) is 32.7 Å². The van der Waals surface area contributed by atoms with E-state index < -0.39 is 0 Å². The lowest BCUT2D eigenvalue weighted by Crippen LogP contribution is -2.42. The van der Waals surface area contributed by atoms with Crippen molar-refractivity contribution in [2.75, 3.05) is 33.7 Å². The molecule has 0 atom stereocenters. The summed E-state index contributed by atoms with van der Waals surface area (Å²) in [5, 5.41) is 0.973. The summed E-state index contributed by atoms with van der Waals surface area (Å²) in [6.45, 7) is 3.99. The number of aromatic amines is 1. The number of hydrogen-bond acceptors (Lipinski definition) is 3. The minimum atomic E-state index is -0.0769. The minimum Gasteiger partial charge on any atom is -0.351 e. The lowest BCUT2D eigenvalue weighted by atomic mass is 10.00. The maximum Gasteiger partial charge on any atom is 0.269 e. The second-order valence-electron chi connectivity index (χ2n) is 10.5. The number of fused-ring (bicyclic) bond motifs is 2. The third-order valence-electron chi connectivity index (χ3n) is 7.22. The van der Waals surface area contributed by atoms with Gasteiger partial charge in [0.15, 0.2) is 0 Å². The van der Waals surface area contributed by atoms with Gasteiger partial charge in [-0.05, 0) is 47.2 Å². The van der Waals surface area contributed by atoms with Crippen molar-refractivity contribution >= 4 is 34.2 Å². The predicted molar refractivity (Wildman–Crippen MR) is 145 cm³/mol. The number of amides is 3. The highest BCUT2D eigenvalue weighted by Gasteiger charge is 2.30. The summed E-state index contributed by atoms with van der Waals surface area (Å²) < 4.78 is 0. The third-order valence-corrected chi connectivity index (χ3v) is 7.22. The van der Waals surface area contributed by atoms with Crippen molar-refractivity contribution in [3.63, 3.8) is 0 Å². The average Bonchev–Trinajstić information content (AvgIpc) is 3.46. The Kier molecular flexibility index (Phi) is 6.87. The first-order chi connectivity index (χ1) is 17.8. The van der Waals surface area contributed by atoms with Crippen LogP contribution in [0.1, 0.15) is 58.2 Å². The van der Waals surface area contributed by atoms with E-state index in [4.69, 9.17) is 0 Å². The van der Waals surface area contributed by atoms with Gasteiger partial charge >= 0.3 is 0 Å². The molecule has 1 fully saturated rings. The first-order valence-electron chi connectivity index (χ1n) is 13.0. The largest absolute Gasteiger partial charge is 0.351 e. The number of nitrogens with one attached hydrogen (secondary N) is 1. The molecule has 2 aromatic carbocycles. The molecule has 7 heteroatoms. The third kappa shape index (κ3) is 5.45. The lowest BCUT2D eigenvalue weighted by Gasteiger charge is -2.29. The van der Waals surface area contributed by atoms with Crippen LogP contribution in [0.25, 0.3) is 16.5 Å².